The summed E-state index contributed by atoms with van der Waals surface area (Å²) in [7, 11) is 0. The predicted octanol–water partition coefficient (Wildman–Crippen LogP) is 6.06. The van der Waals surface area contributed by atoms with Gasteiger partial charge in [-0.05, 0) is 80.0 Å². The molecule has 0 spiro atoms. The van der Waals surface area contributed by atoms with Crippen LogP contribution in [0.4, 0.5) is 0 Å². The lowest BCUT2D eigenvalue weighted by Gasteiger charge is -2.34. The van der Waals surface area contributed by atoms with Crippen LogP contribution in [0.25, 0.3) is 0 Å². The highest BCUT2D eigenvalue weighted by Gasteiger charge is 2.47. The molecule has 0 aliphatic heterocycles. The molecule has 0 nitrogen and oxygen atoms in total. The van der Waals surface area contributed by atoms with Crippen molar-refractivity contribution >= 4 is 0 Å². The lowest BCUT2D eigenvalue weighted by atomic mass is 9.71. The van der Waals surface area contributed by atoms with Gasteiger partial charge in [-0.25, -0.2) is 0 Å². The van der Waals surface area contributed by atoms with E-state index in [4.69, 9.17) is 0 Å². The highest BCUT2D eigenvalue weighted by atomic mass is 14.5. The third-order valence-corrected chi connectivity index (χ3v) is 7.79. The first-order valence-corrected chi connectivity index (χ1v) is 9.83. The van der Waals surface area contributed by atoms with Crippen LogP contribution in [0, 0.1) is 41.4 Å². The molecule has 0 aromatic heterocycles. The van der Waals surface area contributed by atoms with E-state index in [9.17, 15) is 0 Å². The molecule has 4 aliphatic rings. The van der Waals surface area contributed by atoms with Gasteiger partial charge in [-0.3, -0.25) is 0 Å². The zero-order valence-electron chi connectivity index (χ0n) is 13.5. The summed E-state index contributed by atoms with van der Waals surface area (Å²) < 4.78 is 0. The molecule has 4 aliphatic carbocycles. The van der Waals surface area contributed by atoms with Gasteiger partial charge in [0.1, 0.15) is 0 Å². The average molecular weight is 274 g/mol. The first-order chi connectivity index (χ1) is 9.83. The zero-order chi connectivity index (χ0) is 13.5. The Morgan fingerprint density at radius 1 is 0.600 bits per heavy atom. The van der Waals surface area contributed by atoms with Crippen LogP contribution in [0.15, 0.2) is 0 Å². The van der Waals surface area contributed by atoms with Crippen LogP contribution >= 0.6 is 0 Å². The largest absolute Gasteiger partial charge is 0.0654 e. The van der Waals surface area contributed by atoms with E-state index in [1.807, 2.05) is 0 Å². The summed E-state index contributed by atoms with van der Waals surface area (Å²) in [4.78, 5) is 0. The summed E-state index contributed by atoms with van der Waals surface area (Å²) in [6, 6.07) is 0. The second-order valence-electron chi connectivity index (χ2n) is 8.91. The molecule has 114 valence electrons. The number of hydrogen-bond acceptors (Lipinski definition) is 0. The van der Waals surface area contributed by atoms with Gasteiger partial charge in [0.2, 0.25) is 0 Å². The molecule has 0 aromatic carbocycles. The molecule has 0 bridgehead atoms. The van der Waals surface area contributed by atoms with E-state index in [1.165, 1.54) is 12.8 Å². The van der Waals surface area contributed by atoms with Crippen molar-refractivity contribution in [2.45, 2.75) is 84.0 Å². The summed E-state index contributed by atoms with van der Waals surface area (Å²) in [5.41, 5.74) is 0. The van der Waals surface area contributed by atoms with Crippen molar-refractivity contribution in [3.05, 3.63) is 0 Å². The van der Waals surface area contributed by atoms with Crippen LogP contribution in [-0.2, 0) is 0 Å². The fourth-order valence-electron chi connectivity index (χ4n) is 6.99. The quantitative estimate of drug-likeness (QED) is 0.587. The van der Waals surface area contributed by atoms with Crippen LogP contribution in [0.1, 0.15) is 84.0 Å². The third-order valence-electron chi connectivity index (χ3n) is 7.79. The SMILES string of the molecule is CCCC1CC2CC3CC(C4CCCC4)CC3CC2C1. The van der Waals surface area contributed by atoms with E-state index in [2.05, 4.69) is 6.92 Å². The second kappa shape index (κ2) is 5.65. The first-order valence-electron chi connectivity index (χ1n) is 9.83. The Balaban J connectivity index is 1.36. The fourth-order valence-corrected chi connectivity index (χ4v) is 6.99. The van der Waals surface area contributed by atoms with Gasteiger partial charge in [-0.2, -0.15) is 0 Å². The van der Waals surface area contributed by atoms with Crippen molar-refractivity contribution in [2.75, 3.05) is 0 Å². The normalized spacial score (nSPS) is 48.5. The van der Waals surface area contributed by atoms with Crippen molar-refractivity contribution in [3.63, 3.8) is 0 Å². The monoisotopic (exact) mass is 274 g/mol. The Morgan fingerprint density at radius 3 is 1.55 bits per heavy atom. The van der Waals surface area contributed by atoms with Crippen LogP contribution in [0.3, 0.4) is 0 Å². The summed E-state index contributed by atoms with van der Waals surface area (Å²) in [6.45, 7) is 2.38. The molecule has 0 saturated heterocycles. The van der Waals surface area contributed by atoms with E-state index in [0.29, 0.717) is 0 Å². The average Bonchev–Trinajstić information content (AvgIpc) is 3.14. The van der Waals surface area contributed by atoms with E-state index in [-0.39, 0.29) is 0 Å². The molecule has 0 aromatic rings. The molecule has 4 saturated carbocycles. The van der Waals surface area contributed by atoms with Crippen molar-refractivity contribution < 1.29 is 0 Å². The lowest BCUT2D eigenvalue weighted by molar-refractivity contribution is 0.157. The van der Waals surface area contributed by atoms with Crippen molar-refractivity contribution in [1.29, 1.82) is 0 Å². The Morgan fingerprint density at radius 2 is 1.05 bits per heavy atom. The molecule has 4 unspecified atom stereocenters. The van der Waals surface area contributed by atoms with Gasteiger partial charge >= 0.3 is 0 Å². The topological polar surface area (TPSA) is 0 Å². The van der Waals surface area contributed by atoms with Crippen LogP contribution in [0.5, 0.6) is 0 Å². The fraction of sp³-hybridized carbons (Fsp3) is 1.00. The first kappa shape index (κ1) is 13.6. The molecule has 20 heavy (non-hydrogen) atoms. The van der Waals surface area contributed by atoms with Gasteiger partial charge in [0.25, 0.3) is 0 Å². The van der Waals surface area contributed by atoms with Gasteiger partial charge in [0.05, 0.1) is 0 Å². The van der Waals surface area contributed by atoms with Gasteiger partial charge in [0.15, 0.2) is 0 Å². The third kappa shape index (κ3) is 2.46. The molecular formula is C20H34. The Hall–Kier alpha value is 0. The summed E-state index contributed by atoms with van der Waals surface area (Å²) in [6.07, 6.45) is 18.9. The summed E-state index contributed by atoms with van der Waals surface area (Å²) in [5, 5.41) is 0. The maximum absolute atomic E-state index is 2.38. The van der Waals surface area contributed by atoms with Gasteiger partial charge in [-0.15, -0.1) is 0 Å². The minimum Gasteiger partial charge on any atom is -0.0654 e. The minimum atomic E-state index is 1.11. The van der Waals surface area contributed by atoms with E-state index in [0.717, 1.165) is 41.4 Å². The Bertz CT molecular complexity index is 305. The van der Waals surface area contributed by atoms with Crippen molar-refractivity contribution in [2.24, 2.45) is 41.4 Å². The van der Waals surface area contributed by atoms with Crippen molar-refractivity contribution in [3.8, 4) is 0 Å². The Labute approximate surface area is 126 Å². The summed E-state index contributed by atoms with van der Waals surface area (Å²) in [5.74, 6) is 8.01. The highest BCUT2D eigenvalue weighted by Crippen LogP contribution is 2.57. The van der Waals surface area contributed by atoms with Crippen LogP contribution in [0.2, 0.25) is 0 Å². The zero-order valence-corrected chi connectivity index (χ0v) is 13.5. The van der Waals surface area contributed by atoms with Crippen molar-refractivity contribution in [1.82, 2.24) is 0 Å². The number of hydrogen-bond donors (Lipinski definition) is 0. The van der Waals surface area contributed by atoms with Gasteiger partial charge in [-0.1, -0.05) is 45.4 Å². The second-order valence-corrected chi connectivity index (χ2v) is 8.91. The molecule has 4 rings (SSSR count). The maximum atomic E-state index is 2.38. The van der Waals surface area contributed by atoms with E-state index >= 15 is 0 Å². The predicted molar refractivity (Wildman–Crippen MR) is 85.5 cm³/mol. The van der Waals surface area contributed by atoms with Gasteiger partial charge in [0, 0.05) is 0 Å². The van der Waals surface area contributed by atoms with Gasteiger partial charge < -0.3 is 0 Å². The molecule has 4 atom stereocenters. The molecule has 0 heterocycles. The molecule has 0 radical (unpaired) electrons. The standard InChI is InChI=1S/C20H34/c1-2-5-14-8-16-10-19-12-18(15-6-3-4-7-15)13-20(19)11-17(16)9-14/h14-20H,2-13H2,1H3. The molecule has 0 N–H and O–H groups in total. The molecule has 4 fully saturated rings. The molecule has 0 amide bonds. The molecular weight excluding hydrogens is 240 g/mol. The van der Waals surface area contributed by atoms with Crippen LogP contribution < -0.4 is 0 Å². The Kier molecular flexibility index (Phi) is 3.86. The lowest BCUT2D eigenvalue weighted by Crippen LogP contribution is -2.25. The van der Waals surface area contributed by atoms with E-state index < -0.39 is 0 Å². The highest BCUT2D eigenvalue weighted by molar-refractivity contribution is 4.97. The number of fused-ring (bicyclic) bond motifs is 2. The minimum absolute atomic E-state index is 1.11. The summed E-state index contributed by atoms with van der Waals surface area (Å²) >= 11 is 0. The number of rotatable bonds is 3. The molecule has 0 heteroatoms. The smallest absolute Gasteiger partial charge is 0.0380 e. The van der Waals surface area contributed by atoms with E-state index in [1.54, 1.807) is 64.2 Å². The van der Waals surface area contributed by atoms with Crippen LogP contribution in [-0.4, -0.2) is 0 Å². The maximum Gasteiger partial charge on any atom is -0.0380 e.